The molecule has 2 rings (SSSR count). The van der Waals surface area contributed by atoms with Gasteiger partial charge in [0.1, 0.15) is 6.04 Å². The summed E-state index contributed by atoms with van der Waals surface area (Å²) >= 11 is 0. The number of hydrogen-bond donors (Lipinski definition) is 2. The minimum Gasteiger partial charge on any atom is -0.357 e. The molecular formula is C12H21N3O2. The number of nitrogens with one attached hydrogen (secondary N) is 2. The summed E-state index contributed by atoms with van der Waals surface area (Å²) in [7, 11) is 1.62. The highest BCUT2D eigenvalue weighted by Gasteiger charge is 2.35. The molecule has 0 aromatic rings. The van der Waals surface area contributed by atoms with Crippen molar-refractivity contribution in [3.63, 3.8) is 0 Å². The van der Waals surface area contributed by atoms with Crippen LogP contribution >= 0.6 is 0 Å². The first-order valence-corrected chi connectivity index (χ1v) is 6.47. The fourth-order valence-electron chi connectivity index (χ4n) is 2.78. The van der Waals surface area contributed by atoms with Crippen LogP contribution in [-0.4, -0.2) is 49.4 Å². The molecule has 5 heteroatoms. The second-order valence-electron chi connectivity index (χ2n) is 4.85. The van der Waals surface area contributed by atoms with Crippen LogP contribution in [0.25, 0.3) is 0 Å². The lowest BCUT2D eigenvalue weighted by Gasteiger charge is -2.36. The van der Waals surface area contributed by atoms with Crippen LogP contribution in [0.5, 0.6) is 0 Å². The normalized spacial score (nSPS) is 25.9. The first-order valence-electron chi connectivity index (χ1n) is 6.47. The van der Waals surface area contributed by atoms with E-state index in [1.54, 1.807) is 11.9 Å². The Hall–Kier alpha value is -1.10. The summed E-state index contributed by atoms with van der Waals surface area (Å²) in [6, 6.07) is -0.332. The summed E-state index contributed by atoms with van der Waals surface area (Å²) in [6.45, 7) is 2.00. The third kappa shape index (κ3) is 2.60. The zero-order chi connectivity index (χ0) is 12.3. The number of nitrogens with zero attached hydrogens (tertiary/aromatic N) is 1. The van der Waals surface area contributed by atoms with Gasteiger partial charge in [-0.25, -0.2) is 0 Å². The topological polar surface area (TPSA) is 61.4 Å². The third-order valence-corrected chi connectivity index (χ3v) is 3.78. The molecule has 1 saturated carbocycles. The number of hydrogen-bond acceptors (Lipinski definition) is 3. The van der Waals surface area contributed by atoms with Crippen molar-refractivity contribution in [2.45, 2.75) is 31.7 Å². The van der Waals surface area contributed by atoms with E-state index in [2.05, 4.69) is 10.6 Å². The van der Waals surface area contributed by atoms with E-state index in [0.29, 0.717) is 13.1 Å². The Balaban J connectivity index is 2.04. The summed E-state index contributed by atoms with van der Waals surface area (Å²) < 4.78 is 0. The molecule has 1 atom stereocenters. The number of piperazine rings is 1. The van der Waals surface area contributed by atoms with Crippen LogP contribution in [-0.2, 0) is 9.59 Å². The summed E-state index contributed by atoms with van der Waals surface area (Å²) in [4.78, 5) is 25.9. The highest BCUT2D eigenvalue weighted by molar-refractivity contribution is 5.89. The Bertz CT molecular complexity index is 300. The maximum Gasteiger partial charge on any atom is 0.243 e. The van der Waals surface area contributed by atoms with Crippen LogP contribution in [0.1, 0.15) is 25.7 Å². The monoisotopic (exact) mass is 239 g/mol. The molecule has 2 N–H and O–H groups in total. The minimum absolute atomic E-state index is 0.0662. The van der Waals surface area contributed by atoms with Crippen molar-refractivity contribution in [2.24, 2.45) is 5.92 Å². The molecule has 0 radical (unpaired) electrons. The van der Waals surface area contributed by atoms with Gasteiger partial charge in [0.2, 0.25) is 11.8 Å². The molecule has 0 aromatic carbocycles. The van der Waals surface area contributed by atoms with Crippen molar-refractivity contribution in [3.05, 3.63) is 0 Å². The second-order valence-corrected chi connectivity index (χ2v) is 4.85. The van der Waals surface area contributed by atoms with Crippen molar-refractivity contribution < 1.29 is 9.59 Å². The van der Waals surface area contributed by atoms with Crippen molar-refractivity contribution in [3.8, 4) is 0 Å². The van der Waals surface area contributed by atoms with Crippen molar-refractivity contribution in [1.29, 1.82) is 0 Å². The Morgan fingerprint density at radius 1 is 1.29 bits per heavy atom. The predicted octanol–water partition coefficient (Wildman–Crippen LogP) is -0.277. The molecule has 0 aromatic heterocycles. The van der Waals surface area contributed by atoms with Gasteiger partial charge in [0.15, 0.2) is 0 Å². The molecule has 17 heavy (non-hydrogen) atoms. The zero-order valence-corrected chi connectivity index (χ0v) is 10.4. The molecule has 5 nitrogen and oxygen atoms in total. The lowest BCUT2D eigenvalue weighted by Crippen LogP contribution is -2.60. The maximum absolute atomic E-state index is 12.3. The summed E-state index contributed by atoms with van der Waals surface area (Å²) in [5, 5.41) is 5.81. The number of rotatable bonds is 2. The van der Waals surface area contributed by atoms with Gasteiger partial charge in [-0.2, -0.15) is 0 Å². The lowest BCUT2D eigenvalue weighted by molar-refractivity contribution is -0.144. The molecule has 1 saturated heterocycles. The van der Waals surface area contributed by atoms with Crippen LogP contribution in [0.15, 0.2) is 0 Å². The summed E-state index contributed by atoms with van der Waals surface area (Å²) in [5.74, 6) is 0.265. The third-order valence-electron chi connectivity index (χ3n) is 3.78. The molecule has 2 aliphatic rings. The molecule has 0 spiro atoms. The SMILES string of the molecule is CNC(=O)[C@@H]1CNCCN1C(=O)C1CCCC1. The average Bonchev–Trinajstić information content (AvgIpc) is 2.91. The molecule has 1 heterocycles. The van der Waals surface area contributed by atoms with Gasteiger partial charge in [0, 0.05) is 32.6 Å². The zero-order valence-electron chi connectivity index (χ0n) is 10.4. The Morgan fingerprint density at radius 3 is 2.65 bits per heavy atom. The number of amides is 2. The summed E-state index contributed by atoms with van der Waals surface area (Å²) in [5.41, 5.74) is 0. The van der Waals surface area contributed by atoms with Gasteiger partial charge in [-0.1, -0.05) is 12.8 Å². The van der Waals surface area contributed by atoms with Crippen molar-refractivity contribution in [1.82, 2.24) is 15.5 Å². The number of carbonyl (C=O) groups excluding carboxylic acids is 2. The first-order chi connectivity index (χ1) is 8.24. The Labute approximate surface area is 102 Å². The highest BCUT2D eigenvalue weighted by Crippen LogP contribution is 2.27. The van der Waals surface area contributed by atoms with E-state index in [1.807, 2.05) is 0 Å². The molecule has 1 aliphatic heterocycles. The smallest absolute Gasteiger partial charge is 0.243 e. The number of likely N-dealkylation sites (N-methyl/N-ethyl adjacent to an activating group) is 1. The largest absolute Gasteiger partial charge is 0.357 e. The molecule has 2 fully saturated rings. The van der Waals surface area contributed by atoms with E-state index in [1.165, 1.54) is 0 Å². The quantitative estimate of drug-likeness (QED) is 0.697. The highest BCUT2D eigenvalue weighted by atomic mass is 16.2. The maximum atomic E-state index is 12.3. The van der Waals surface area contributed by atoms with Gasteiger partial charge in [0.25, 0.3) is 0 Å². The molecule has 2 amide bonds. The second kappa shape index (κ2) is 5.49. The molecule has 0 bridgehead atoms. The van der Waals surface area contributed by atoms with Crippen molar-refractivity contribution >= 4 is 11.8 Å². The molecular weight excluding hydrogens is 218 g/mol. The van der Waals surface area contributed by atoms with E-state index in [4.69, 9.17) is 0 Å². The lowest BCUT2D eigenvalue weighted by atomic mass is 10.0. The fourth-order valence-corrected chi connectivity index (χ4v) is 2.78. The molecule has 0 unspecified atom stereocenters. The van der Waals surface area contributed by atoms with E-state index >= 15 is 0 Å². The Kier molecular flexibility index (Phi) is 3.99. The van der Waals surface area contributed by atoms with Crippen molar-refractivity contribution in [2.75, 3.05) is 26.7 Å². The standard InChI is InChI=1S/C12H21N3O2/c1-13-11(16)10-8-14-6-7-15(10)12(17)9-4-2-3-5-9/h9-10,14H,2-8H2,1H3,(H,13,16)/t10-/m0/s1. The van der Waals surface area contributed by atoms with Gasteiger partial charge in [-0.15, -0.1) is 0 Å². The van der Waals surface area contributed by atoms with Crippen LogP contribution < -0.4 is 10.6 Å². The Morgan fingerprint density at radius 2 is 2.00 bits per heavy atom. The van der Waals surface area contributed by atoms with Gasteiger partial charge in [-0.05, 0) is 12.8 Å². The van der Waals surface area contributed by atoms with Crippen LogP contribution in [0.4, 0.5) is 0 Å². The van der Waals surface area contributed by atoms with E-state index in [0.717, 1.165) is 32.2 Å². The van der Waals surface area contributed by atoms with Crippen LogP contribution in [0, 0.1) is 5.92 Å². The van der Waals surface area contributed by atoms with Gasteiger partial charge >= 0.3 is 0 Å². The van der Waals surface area contributed by atoms with E-state index in [-0.39, 0.29) is 23.8 Å². The molecule has 96 valence electrons. The van der Waals surface area contributed by atoms with Crippen LogP contribution in [0.2, 0.25) is 0 Å². The number of carbonyl (C=O) groups is 2. The first kappa shape index (κ1) is 12.4. The predicted molar refractivity (Wildman–Crippen MR) is 64.4 cm³/mol. The minimum atomic E-state index is -0.332. The van der Waals surface area contributed by atoms with E-state index < -0.39 is 0 Å². The van der Waals surface area contributed by atoms with Gasteiger partial charge in [-0.3, -0.25) is 9.59 Å². The van der Waals surface area contributed by atoms with E-state index in [9.17, 15) is 9.59 Å². The fraction of sp³-hybridized carbons (Fsp3) is 0.833. The van der Waals surface area contributed by atoms with Crippen LogP contribution in [0.3, 0.4) is 0 Å². The average molecular weight is 239 g/mol. The van der Waals surface area contributed by atoms with Gasteiger partial charge in [0.05, 0.1) is 0 Å². The summed E-state index contributed by atoms with van der Waals surface area (Å²) in [6.07, 6.45) is 4.27. The molecule has 1 aliphatic carbocycles. The van der Waals surface area contributed by atoms with Gasteiger partial charge < -0.3 is 15.5 Å².